The van der Waals surface area contributed by atoms with Gasteiger partial charge in [-0.05, 0) is 54.7 Å². The Kier molecular flexibility index (Phi) is 7.72. The number of hydrogen-bond acceptors (Lipinski definition) is 4. The number of nitrogens with zero attached hydrogens (tertiary/aromatic N) is 1. The summed E-state index contributed by atoms with van der Waals surface area (Å²) in [5.74, 6) is 1.43. The second-order valence-electron chi connectivity index (χ2n) is 7.18. The minimum Gasteiger partial charge on any atom is -0.497 e. The van der Waals surface area contributed by atoms with E-state index in [0.717, 1.165) is 50.4 Å². The molecule has 1 N–H and O–H groups in total. The Morgan fingerprint density at radius 2 is 1.90 bits per heavy atom. The van der Waals surface area contributed by atoms with Crippen LogP contribution in [0.5, 0.6) is 11.5 Å². The molecule has 1 atom stereocenters. The Bertz CT molecular complexity index is 804. The molecule has 0 spiro atoms. The van der Waals surface area contributed by atoms with Crippen molar-refractivity contribution in [3.8, 4) is 11.5 Å². The van der Waals surface area contributed by atoms with Crippen LogP contribution in [0.3, 0.4) is 0 Å². The number of anilines is 1. The summed E-state index contributed by atoms with van der Waals surface area (Å²) in [5, 5.41) is 4.01. The van der Waals surface area contributed by atoms with Gasteiger partial charge in [-0.15, -0.1) is 0 Å². The molecular formula is C23H30N2O3S. The van der Waals surface area contributed by atoms with Crippen LogP contribution in [-0.2, 0) is 17.7 Å². The molecule has 5 nitrogen and oxygen atoms in total. The van der Waals surface area contributed by atoms with Gasteiger partial charge in [-0.25, -0.2) is 0 Å². The van der Waals surface area contributed by atoms with Crippen LogP contribution in [0.15, 0.2) is 42.5 Å². The predicted molar refractivity (Wildman–Crippen MR) is 121 cm³/mol. The fraction of sp³-hybridized carbons (Fsp3) is 0.435. The minimum atomic E-state index is 0.211. The molecule has 3 rings (SSSR count). The van der Waals surface area contributed by atoms with Gasteiger partial charge in [0.25, 0.3) is 0 Å². The van der Waals surface area contributed by atoms with Gasteiger partial charge in [0, 0.05) is 25.8 Å². The average Bonchev–Trinajstić information content (AvgIpc) is 3.27. The minimum absolute atomic E-state index is 0.211. The molecule has 2 aromatic rings. The van der Waals surface area contributed by atoms with E-state index in [9.17, 15) is 0 Å². The van der Waals surface area contributed by atoms with E-state index < -0.39 is 0 Å². The van der Waals surface area contributed by atoms with Crippen molar-refractivity contribution in [2.24, 2.45) is 0 Å². The smallest absolute Gasteiger partial charge is 0.173 e. The van der Waals surface area contributed by atoms with Crippen molar-refractivity contribution < 1.29 is 14.2 Å². The van der Waals surface area contributed by atoms with Gasteiger partial charge in [-0.1, -0.05) is 31.2 Å². The summed E-state index contributed by atoms with van der Waals surface area (Å²) in [5.41, 5.74) is 3.38. The normalized spacial score (nSPS) is 15.8. The van der Waals surface area contributed by atoms with Gasteiger partial charge in [-0.2, -0.15) is 0 Å². The maximum absolute atomic E-state index is 5.86. The first-order valence-corrected chi connectivity index (χ1v) is 10.5. The molecule has 6 heteroatoms. The first kappa shape index (κ1) is 21.4. The molecule has 1 aliphatic rings. The number of thiocarbonyl (C=S) groups is 1. The molecule has 1 saturated heterocycles. The van der Waals surface area contributed by atoms with Gasteiger partial charge in [0.2, 0.25) is 0 Å². The number of ether oxygens (including phenoxy) is 3. The Morgan fingerprint density at radius 1 is 1.14 bits per heavy atom. The molecule has 1 aliphatic heterocycles. The topological polar surface area (TPSA) is 43.0 Å². The highest BCUT2D eigenvalue weighted by Gasteiger charge is 2.22. The van der Waals surface area contributed by atoms with Crippen molar-refractivity contribution in [2.75, 3.05) is 32.7 Å². The molecule has 0 radical (unpaired) electrons. The van der Waals surface area contributed by atoms with Crippen molar-refractivity contribution in [3.63, 3.8) is 0 Å². The summed E-state index contributed by atoms with van der Waals surface area (Å²) >= 11 is 5.78. The van der Waals surface area contributed by atoms with E-state index in [-0.39, 0.29) is 6.10 Å². The van der Waals surface area contributed by atoms with E-state index in [4.69, 9.17) is 26.4 Å². The summed E-state index contributed by atoms with van der Waals surface area (Å²) in [6.07, 6.45) is 3.43. The van der Waals surface area contributed by atoms with Crippen LogP contribution in [0.1, 0.15) is 30.9 Å². The summed E-state index contributed by atoms with van der Waals surface area (Å²) in [7, 11) is 3.28. The van der Waals surface area contributed by atoms with Crippen LogP contribution in [-0.4, -0.2) is 43.5 Å². The molecule has 0 amide bonds. The second kappa shape index (κ2) is 10.5. The molecule has 1 heterocycles. The third kappa shape index (κ3) is 5.84. The third-order valence-electron chi connectivity index (χ3n) is 5.19. The van der Waals surface area contributed by atoms with E-state index >= 15 is 0 Å². The Hall–Kier alpha value is -2.31. The van der Waals surface area contributed by atoms with E-state index in [1.165, 1.54) is 11.1 Å². The van der Waals surface area contributed by atoms with Crippen molar-refractivity contribution in [2.45, 2.75) is 38.8 Å². The molecule has 29 heavy (non-hydrogen) atoms. The lowest BCUT2D eigenvalue weighted by Crippen LogP contribution is -2.39. The molecule has 2 aromatic carbocycles. The highest BCUT2D eigenvalue weighted by molar-refractivity contribution is 7.80. The number of benzene rings is 2. The highest BCUT2D eigenvalue weighted by Crippen LogP contribution is 2.29. The number of rotatable bonds is 8. The zero-order chi connectivity index (χ0) is 20.6. The third-order valence-corrected chi connectivity index (χ3v) is 5.55. The predicted octanol–water partition coefficient (Wildman–Crippen LogP) is 4.64. The van der Waals surface area contributed by atoms with Crippen LogP contribution in [0, 0.1) is 0 Å². The van der Waals surface area contributed by atoms with Crippen LogP contribution >= 0.6 is 12.2 Å². The van der Waals surface area contributed by atoms with Crippen molar-refractivity contribution in [3.05, 3.63) is 53.6 Å². The molecule has 0 aliphatic carbocycles. The van der Waals surface area contributed by atoms with Gasteiger partial charge in [0.05, 0.1) is 26.0 Å². The largest absolute Gasteiger partial charge is 0.497 e. The Balaban J connectivity index is 1.75. The Labute approximate surface area is 179 Å². The second-order valence-corrected chi connectivity index (χ2v) is 7.57. The average molecular weight is 415 g/mol. The molecule has 1 fully saturated rings. The molecule has 1 unspecified atom stereocenters. The summed E-state index contributed by atoms with van der Waals surface area (Å²) in [6.45, 7) is 4.49. The van der Waals surface area contributed by atoms with Gasteiger partial charge < -0.3 is 24.4 Å². The fourth-order valence-corrected chi connectivity index (χ4v) is 3.70. The monoisotopic (exact) mass is 414 g/mol. The summed E-state index contributed by atoms with van der Waals surface area (Å²) in [6, 6.07) is 14.4. The van der Waals surface area contributed by atoms with E-state index in [1.807, 2.05) is 18.2 Å². The quantitative estimate of drug-likeness (QED) is 0.635. The molecule has 156 valence electrons. The van der Waals surface area contributed by atoms with Gasteiger partial charge in [0.15, 0.2) is 5.11 Å². The van der Waals surface area contributed by atoms with Crippen molar-refractivity contribution in [1.82, 2.24) is 4.90 Å². The zero-order valence-corrected chi connectivity index (χ0v) is 18.3. The number of nitrogens with one attached hydrogen (secondary N) is 1. The maximum atomic E-state index is 5.86. The lowest BCUT2D eigenvalue weighted by molar-refractivity contribution is 0.0905. The molecular weight excluding hydrogens is 384 g/mol. The highest BCUT2D eigenvalue weighted by atomic mass is 32.1. The van der Waals surface area contributed by atoms with E-state index in [1.54, 1.807) is 14.2 Å². The van der Waals surface area contributed by atoms with Crippen molar-refractivity contribution in [1.29, 1.82) is 0 Å². The lowest BCUT2D eigenvalue weighted by Gasteiger charge is -2.29. The lowest BCUT2D eigenvalue weighted by atomic mass is 10.1. The van der Waals surface area contributed by atoms with Crippen molar-refractivity contribution >= 4 is 23.0 Å². The number of methoxy groups -OCH3 is 2. The summed E-state index contributed by atoms with van der Waals surface area (Å²) < 4.78 is 16.6. The standard InChI is InChI=1S/C23H30N2O3S/c1-4-17-7-9-18(10-8-17)15-25(16-20-6-5-13-28-20)23(29)24-21-12-11-19(26-2)14-22(21)27-3/h7-12,14,20H,4-6,13,15-16H2,1-3H3,(H,24,29). The first-order chi connectivity index (χ1) is 14.1. The Morgan fingerprint density at radius 3 is 2.52 bits per heavy atom. The molecule has 0 saturated carbocycles. The van der Waals surface area contributed by atoms with Gasteiger partial charge >= 0.3 is 0 Å². The number of hydrogen-bond donors (Lipinski definition) is 1. The van der Waals surface area contributed by atoms with E-state index in [2.05, 4.69) is 41.4 Å². The van der Waals surface area contributed by atoms with Crippen LogP contribution in [0.25, 0.3) is 0 Å². The number of aryl methyl sites for hydroxylation is 1. The fourth-order valence-electron chi connectivity index (χ4n) is 3.45. The maximum Gasteiger partial charge on any atom is 0.173 e. The van der Waals surface area contributed by atoms with E-state index in [0.29, 0.717) is 10.9 Å². The molecule has 0 bridgehead atoms. The van der Waals surface area contributed by atoms with Gasteiger partial charge in [0.1, 0.15) is 11.5 Å². The van der Waals surface area contributed by atoms with Crippen LogP contribution in [0.2, 0.25) is 0 Å². The first-order valence-electron chi connectivity index (χ1n) is 10.1. The molecule has 0 aromatic heterocycles. The SMILES string of the molecule is CCc1ccc(CN(CC2CCCO2)C(=S)Nc2ccc(OC)cc2OC)cc1. The van der Waals surface area contributed by atoms with Crippen LogP contribution in [0.4, 0.5) is 5.69 Å². The van der Waals surface area contributed by atoms with Gasteiger partial charge in [-0.3, -0.25) is 0 Å². The van der Waals surface area contributed by atoms with Crippen LogP contribution < -0.4 is 14.8 Å². The zero-order valence-electron chi connectivity index (χ0n) is 17.4. The summed E-state index contributed by atoms with van der Waals surface area (Å²) in [4.78, 5) is 2.18.